The van der Waals surface area contributed by atoms with Crippen molar-refractivity contribution >= 4 is 23.1 Å². The number of rotatable bonds is 5. The highest BCUT2D eigenvalue weighted by Gasteiger charge is 2.46. The Labute approximate surface area is 226 Å². The van der Waals surface area contributed by atoms with E-state index in [1.165, 1.54) is 35.4 Å². The number of fused-ring (bicyclic) bond motifs is 1. The van der Waals surface area contributed by atoms with Crippen molar-refractivity contribution in [2.45, 2.75) is 49.8 Å². The van der Waals surface area contributed by atoms with Crippen molar-refractivity contribution in [1.82, 2.24) is 40.1 Å². The molecule has 0 bridgehead atoms. The number of H-pyrrole nitrogens is 1. The summed E-state index contributed by atoms with van der Waals surface area (Å²) in [5.41, 5.74) is -0.0908. The first-order valence-corrected chi connectivity index (χ1v) is 12.8. The van der Waals surface area contributed by atoms with Gasteiger partial charge in [0.2, 0.25) is 5.91 Å². The molecule has 0 radical (unpaired) electrons. The molecule has 1 aromatic carbocycles. The van der Waals surface area contributed by atoms with Crippen LogP contribution in [0.15, 0.2) is 43.0 Å². The number of aromatic amines is 1. The fourth-order valence-corrected chi connectivity index (χ4v) is 5.76. The number of imidazole rings is 1. The third-order valence-corrected chi connectivity index (χ3v) is 7.97. The Hall–Kier alpha value is -4.03. The normalized spacial score (nSPS) is 22.1. The van der Waals surface area contributed by atoms with Gasteiger partial charge < -0.3 is 15.0 Å². The zero-order valence-electron chi connectivity index (χ0n) is 21.3. The maximum atomic E-state index is 15.3. The monoisotopic (exact) mass is 551 g/mol. The third-order valence-electron chi connectivity index (χ3n) is 7.68. The number of amides is 1. The van der Waals surface area contributed by atoms with Gasteiger partial charge in [0.05, 0.1) is 30.0 Å². The van der Waals surface area contributed by atoms with Crippen molar-refractivity contribution < 1.29 is 20.1 Å². The Morgan fingerprint density at radius 3 is 2.79 bits per heavy atom. The number of carbonyl (C=O) groups is 1. The van der Waals surface area contributed by atoms with E-state index in [0.717, 1.165) is 0 Å². The molecule has 4 aromatic rings. The summed E-state index contributed by atoms with van der Waals surface area (Å²) in [6.45, 7) is 0. The van der Waals surface area contributed by atoms with E-state index in [1.54, 1.807) is 11.0 Å². The van der Waals surface area contributed by atoms with E-state index in [2.05, 4.69) is 30.5 Å². The second-order valence-corrected chi connectivity index (χ2v) is 10.4. The van der Waals surface area contributed by atoms with E-state index < -0.39 is 23.3 Å². The minimum absolute atomic E-state index is 0.0420. The molecule has 2 fully saturated rings. The van der Waals surface area contributed by atoms with Crippen LogP contribution in [-0.2, 0) is 10.4 Å². The molecule has 3 aromatic heterocycles. The van der Waals surface area contributed by atoms with Gasteiger partial charge in [-0.2, -0.15) is 4.68 Å². The van der Waals surface area contributed by atoms with Gasteiger partial charge in [0.15, 0.2) is 11.6 Å². The predicted molar refractivity (Wildman–Crippen MR) is 134 cm³/mol. The lowest BCUT2D eigenvalue weighted by molar-refractivity contribution is -0.129. The molecule has 7 rings (SSSR count). The van der Waals surface area contributed by atoms with Crippen molar-refractivity contribution in [2.75, 3.05) is 0 Å². The summed E-state index contributed by atoms with van der Waals surface area (Å²) in [6.07, 6.45) is 6.31. The van der Waals surface area contributed by atoms with Gasteiger partial charge in [-0.05, 0) is 66.3 Å². The lowest BCUT2D eigenvalue weighted by atomic mass is 9.92. The van der Waals surface area contributed by atoms with Gasteiger partial charge >= 0.3 is 0 Å². The maximum Gasteiger partial charge on any atom is 0.247 e. The fraction of sp³-hybridized carbons (Fsp3) is 0.308. The number of halogens is 3. The second-order valence-electron chi connectivity index (χ2n) is 10.0. The highest BCUT2D eigenvalue weighted by atomic mass is 35.5. The summed E-state index contributed by atoms with van der Waals surface area (Å²) < 4.78 is 40.4. The van der Waals surface area contributed by atoms with E-state index in [1.807, 2.05) is 0 Å². The molecular weight excluding hydrogens is 530 g/mol. The van der Waals surface area contributed by atoms with Gasteiger partial charge in [0.1, 0.15) is 23.4 Å². The largest absolute Gasteiger partial charge is 0.383 e. The molecule has 198 valence electrons. The van der Waals surface area contributed by atoms with Crippen molar-refractivity contribution in [3.05, 3.63) is 76.7 Å². The molecule has 1 aliphatic carbocycles. The van der Waals surface area contributed by atoms with E-state index in [9.17, 15) is 9.90 Å². The third kappa shape index (κ3) is 3.85. The predicted octanol–water partition coefficient (Wildman–Crippen LogP) is 3.88. The average Bonchev–Trinajstić information content (AvgIpc) is 3.32. The molecule has 2 atom stereocenters. The van der Waals surface area contributed by atoms with Crippen LogP contribution < -0.4 is 0 Å². The SMILES string of the molecule is [2H]c1nc([C@H]2CC[C@@H]3CC(c4c(-n5cnnn5)ccc(Cl)c4F)=CC(=O)N32)[nH]c1-c1ccnc(C2(O)CC2)c1F. The Kier molecular flexibility index (Phi) is 5.14. The molecule has 2 aliphatic heterocycles. The summed E-state index contributed by atoms with van der Waals surface area (Å²) in [7, 11) is 0. The first kappa shape index (κ1) is 22.9. The number of hydrogen-bond acceptors (Lipinski definition) is 7. The number of aliphatic hydroxyl groups is 1. The van der Waals surface area contributed by atoms with Gasteiger partial charge in [-0.25, -0.2) is 13.8 Å². The lowest BCUT2D eigenvalue weighted by Gasteiger charge is -2.33. The Balaban J connectivity index is 1.22. The van der Waals surface area contributed by atoms with Crippen molar-refractivity contribution in [1.29, 1.82) is 0 Å². The molecule has 3 aliphatic rings. The molecule has 39 heavy (non-hydrogen) atoms. The van der Waals surface area contributed by atoms with Gasteiger partial charge in [-0.3, -0.25) is 9.78 Å². The Morgan fingerprint density at radius 1 is 1.18 bits per heavy atom. The second kappa shape index (κ2) is 8.75. The molecule has 5 heterocycles. The van der Waals surface area contributed by atoms with E-state index in [4.69, 9.17) is 13.0 Å². The fourth-order valence-electron chi connectivity index (χ4n) is 5.61. The number of carbonyl (C=O) groups excluding carboxylic acids is 1. The lowest BCUT2D eigenvalue weighted by Crippen LogP contribution is -2.39. The van der Waals surface area contributed by atoms with Crippen LogP contribution in [0.25, 0.3) is 22.5 Å². The quantitative estimate of drug-likeness (QED) is 0.385. The molecule has 1 amide bonds. The Morgan fingerprint density at radius 2 is 2.03 bits per heavy atom. The topological polar surface area (TPSA) is 126 Å². The van der Waals surface area contributed by atoms with Gasteiger partial charge in [0, 0.05) is 29.4 Å². The summed E-state index contributed by atoms with van der Waals surface area (Å²) in [5.74, 6) is -1.34. The van der Waals surface area contributed by atoms with Crippen LogP contribution in [0, 0.1) is 11.6 Å². The van der Waals surface area contributed by atoms with Gasteiger partial charge in [-0.1, -0.05) is 11.6 Å². The van der Waals surface area contributed by atoms with Crippen LogP contribution >= 0.6 is 11.6 Å². The highest BCUT2D eigenvalue weighted by molar-refractivity contribution is 6.31. The van der Waals surface area contributed by atoms with E-state index >= 15 is 8.78 Å². The number of nitrogens with zero attached hydrogens (tertiary/aromatic N) is 7. The van der Waals surface area contributed by atoms with Crippen LogP contribution in [0.3, 0.4) is 0 Å². The Bertz CT molecular complexity index is 1700. The van der Waals surface area contributed by atoms with Gasteiger partial charge in [-0.15, -0.1) is 5.10 Å². The van der Waals surface area contributed by atoms with Crippen molar-refractivity contribution in [3.8, 4) is 16.9 Å². The summed E-state index contributed by atoms with van der Waals surface area (Å²) in [4.78, 5) is 26.6. The maximum absolute atomic E-state index is 15.3. The zero-order valence-corrected chi connectivity index (χ0v) is 21.0. The standard InChI is InChI=1S/C26H21ClF2N8O2/c27-16-2-4-18(36-12-32-34-35-36)21(23(16)29)13-9-14-1-3-19(37(14)20(38)10-13)25-31-11-17(33-25)15-5-8-30-24(22(15)28)26(39)6-7-26/h2,4-5,8,10-12,14,19,39H,1,3,6-7,9H2,(H,31,33)/t14-,19-/m1/s1/i11D. The van der Waals surface area contributed by atoms with Crippen molar-refractivity contribution in [2.24, 2.45) is 0 Å². The van der Waals surface area contributed by atoms with E-state index in [0.29, 0.717) is 49.2 Å². The highest BCUT2D eigenvalue weighted by Crippen LogP contribution is 2.47. The first-order chi connectivity index (χ1) is 19.2. The molecule has 10 nitrogen and oxygen atoms in total. The van der Waals surface area contributed by atoms with Gasteiger partial charge in [0.25, 0.3) is 0 Å². The van der Waals surface area contributed by atoms with Crippen molar-refractivity contribution in [3.63, 3.8) is 0 Å². The van der Waals surface area contributed by atoms with Crippen LogP contribution in [0.5, 0.6) is 0 Å². The molecule has 1 saturated carbocycles. The number of pyridine rings is 1. The van der Waals surface area contributed by atoms with Crippen LogP contribution in [-0.4, -0.2) is 57.1 Å². The average molecular weight is 552 g/mol. The number of benzene rings is 1. The molecule has 0 unspecified atom stereocenters. The summed E-state index contributed by atoms with van der Waals surface area (Å²) in [5, 5.41) is 21.4. The first-order valence-electron chi connectivity index (χ1n) is 12.9. The van der Waals surface area contributed by atoms with E-state index in [-0.39, 0.29) is 45.7 Å². The molecular formula is C26H21ClF2N8O2. The molecule has 2 N–H and O–H groups in total. The zero-order chi connectivity index (χ0) is 27.8. The minimum atomic E-state index is -1.28. The van der Waals surface area contributed by atoms with Crippen LogP contribution in [0.2, 0.25) is 5.02 Å². The summed E-state index contributed by atoms with van der Waals surface area (Å²) >= 11 is 6.10. The van der Waals surface area contributed by atoms with Crippen LogP contribution in [0.4, 0.5) is 8.78 Å². The molecule has 0 spiro atoms. The number of tetrazole rings is 1. The number of aromatic nitrogens is 7. The molecule has 13 heteroatoms. The smallest absolute Gasteiger partial charge is 0.247 e. The van der Waals surface area contributed by atoms with Crippen LogP contribution in [0.1, 0.15) is 56.6 Å². The number of hydrogen-bond donors (Lipinski definition) is 2. The summed E-state index contributed by atoms with van der Waals surface area (Å²) in [6, 6.07) is 3.70. The minimum Gasteiger partial charge on any atom is -0.383 e. The number of nitrogens with one attached hydrogen (secondary N) is 1. The molecule has 1 saturated heterocycles.